The third kappa shape index (κ3) is 2.52. The molecule has 4 heteroatoms. The minimum absolute atomic E-state index is 0.121. The third-order valence-electron chi connectivity index (χ3n) is 3.14. The number of carbonyl (C=O) groups excluding carboxylic acids is 2. The predicted molar refractivity (Wildman–Crippen MR) is 61.5 cm³/mol. The van der Waals surface area contributed by atoms with Crippen molar-refractivity contribution in [3.05, 3.63) is 35.7 Å². The first kappa shape index (κ1) is 11.8. The van der Waals surface area contributed by atoms with Gasteiger partial charge in [-0.1, -0.05) is 18.2 Å². The average Bonchev–Trinajstić information content (AvgIpc) is 2.50. The van der Waals surface area contributed by atoms with Crippen LogP contribution in [0.3, 0.4) is 0 Å². The maximum absolute atomic E-state index is 13.0. The zero-order valence-corrected chi connectivity index (χ0v) is 9.65. The lowest BCUT2D eigenvalue weighted by molar-refractivity contribution is -0.147. The van der Waals surface area contributed by atoms with Crippen LogP contribution in [-0.4, -0.2) is 23.8 Å². The van der Waals surface area contributed by atoms with E-state index in [1.165, 1.54) is 13.1 Å². The highest BCUT2D eigenvalue weighted by molar-refractivity contribution is 5.98. The van der Waals surface area contributed by atoms with Crippen LogP contribution in [0.4, 0.5) is 4.39 Å². The molecule has 1 aliphatic carbocycles. The van der Waals surface area contributed by atoms with Gasteiger partial charge in [0.15, 0.2) is 0 Å². The maximum atomic E-state index is 13.0. The average molecular weight is 235 g/mol. The van der Waals surface area contributed by atoms with Crippen LogP contribution in [0.2, 0.25) is 0 Å². The van der Waals surface area contributed by atoms with Crippen LogP contribution in [-0.2, 0) is 9.59 Å². The Morgan fingerprint density at radius 3 is 2.53 bits per heavy atom. The number of halogens is 1. The van der Waals surface area contributed by atoms with Gasteiger partial charge in [-0.25, -0.2) is 4.39 Å². The van der Waals surface area contributed by atoms with Crippen molar-refractivity contribution < 1.29 is 14.0 Å². The highest BCUT2D eigenvalue weighted by Gasteiger charge is 2.31. The molecule has 0 unspecified atom stereocenters. The second-order valence-electron chi connectivity index (χ2n) is 4.34. The fourth-order valence-electron chi connectivity index (χ4n) is 2.03. The number of likely N-dealkylation sites (tertiary alicyclic amines) is 1. The molecule has 1 aliphatic heterocycles. The first-order valence-electron chi connectivity index (χ1n) is 5.60. The van der Waals surface area contributed by atoms with E-state index in [2.05, 4.69) is 0 Å². The van der Waals surface area contributed by atoms with Crippen molar-refractivity contribution in [2.75, 3.05) is 7.05 Å². The van der Waals surface area contributed by atoms with Gasteiger partial charge in [0.1, 0.15) is 5.83 Å². The molecule has 0 saturated carbocycles. The zero-order valence-electron chi connectivity index (χ0n) is 9.65. The Bertz CT molecular complexity index is 430. The highest BCUT2D eigenvalue weighted by Crippen LogP contribution is 2.28. The molecule has 90 valence electrons. The molecule has 2 rings (SSSR count). The second-order valence-corrected chi connectivity index (χ2v) is 4.34. The van der Waals surface area contributed by atoms with Crippen LogP contribution in [0, 0.1) is 5.92 Å². The van der Waals surface area contributed by atoms with Gasteiger partial charge in [-0.2, -0.15) is 0 Å². The number of amides is 2. The smallest absolute Gasteiger partial charge is 0.229 e. The van der Waals surface area contributed by atoms with Crippen LogP contribution in [0.25, 0.3) is 0 Å². The summed E-state index contributed by atoms with van der Waals surface area (Å²) in [5, 5.41) is 0. The number of nitrogens with zero attached hydrogens (tertiary/aromatic N) is 1. The van der Waals surface area contributed by atoms with Crippen molar-refractivity contribution in [2.45, 2.75) is 19.3 Å². The summed E-state index contributed by atoms with van der Waals surface area (Å²) >= 11 is 0. The molecular formula is C13H14FNO2. The molecule has 2 aliphatic rings. The standard InChI is InChI=1S/C13H14FNO2/c1-15-12(16)7-10(8-13(15)17)9-3-2-4-11(14)6-5-9/h2-3,5-6,10H,4,7-8H2,1H3. The molecule has 0 radical (unpaired) electrons. The van der Waals surface area contributed by atoms with E-state index in [-0.39, 0.29) is 30.0 Å². The Morgan fingerprint density at radius 2 is 1.88 bits per heavy atom. The Balaban J connectivity index is 2.19. The molecule has 0 aromatic rings. The normalized spacial score (nSPS) is 22.4. The monoisotopic (exact) mass is 235 g/mol. The summed E-state index contributed by atoms with van der Waals surface area (Å²) in [6, 6.07) is 0. The summed E-state index contributed by atoms with van der Waals surface area (Å²) in [4.78, 5) is 24.3. The van der Waals surface area contributed by atoms with Gasteiger partial charge < -0.3 is 0 Å². The van der Waals surface area contributed by atoms with Gasteiger partial charge in [-0.3, -0.25) is 14.5 Å². The van der Waals surface area contributed by atoms with Gasteiger partial charge in [0.05, 0.1) is 0 Å². The number of hydrogen-bond acceptors (Lipinski definition) is 2. The molecule has 1 heterocycles. The number of allylic oxidation sites excluding steroid dienone is 6. The molecule has 0 atom stereocenters. The van der Waals surface area contributed by atoms with Gasteiger partial charge in [-0.05, 0) is 11.6 Å². The fraction of sp³-hybridized carbons (Fsp3) is 0.385. The summed E-state index contributed by atoms with van der Waals surface area (Å²) in [6.45, 7) is 0. The first-order chi connectivity index (χ1) is 8.08. The van der Waals surface area contributed by atoms with Gasteiger partial charge in [0, 0.05) is 32.2 Å². The molecule has 0 N–H and O–H groups in total. The number of hydrogen-bond donors (Lipinski definition) is 0. The molecule has 1 fully saturated rings. The van der Waals surface area contributed by atoms with Gasteiger partial charge in [0.25, 0.3) is 0 Å². The lowest BCUT2D eigenvalue weighted by Gasteiger charge is -2.27. The van der Waals surface area contributed by atoms with Crippen LogP contribution in [0.1, 0.15) is 19.3 Å². The predicted octanol–water partition coefficient (Wildman–Crippen LogP) is 2.12. The largest absolute Gasteiger partial charge is 0.286 e. The summed E-state index contributed by atoms with van der Waals surface area (Å²) in [5.74, 6) is -0.671. The van der Waals surface area contributed by atoms with Crippen molar-refractivity contribution in [3.63, 3.8) is 0 Å². The molecule has 17 heavy (non-hydrogen) atoms. The topological polar surface area (TPSA) is 37.4 Å². The van der Waals surface area contributed by atoms with E-state index >= 15 is 0 Å². The number of rotatable bonds is 1. The van der Waals surface area contributed by atoms with Crippen molar-refractivity contribution in [3.8, 4) is 0 Å². The molecule has 0 aromatic heterocycles. The summed E-state index contributed by atoms with van der Waals surface area (Å²) in [6.07, 6.45) is 7.49. The fourth-order valence-corrected chi connectivity index (χ4v) is 2.03. The molecule has 0 spiro atoms. The molecule has 2 amide bonds. The van der Waals surface area contributed by atoms with Crippen molar-refractivity contribution >= 4 is 11.8 Å². The van der Waals surface area contributed by atoms with Crippen LogP contribution >= 0.6 is 0 Å². The Kier molecular flexibility index (Phi) is 3.22. The number of piperidine rings is 1. The summed E-state index contributed by atoms with van der Waals surface area (Å²) in [7, 11) is 1.50. The molecule has 0 bridgehead atoms. The molecular weight excluding hydrogens is 221 g/mol. The molecule has 3 nitrogen and oxygen atoms in total. The van der Waals surface area contributed by atoms with Crippen LogP contribution in [0.5, 0.6) is 0 Å². The quantitative estimate of drug-likeness (QED) is 0.653. The Labute approximate surface area is 99.3 Å². The maximum Gasteiger partial charge on any atom is 0.229 e. The van der Waals surface area contributed by atoms with Crippen molar-refractivity contribution in [2.24, 2.45) is 5.92 Å². The van der Waals surface area contributed by atoms with Crippen molar-refractivity contribution in [1.29, 1.82) is 0 Å². The van der Waals surface area contributed by atoms with Gasteiger partial charge in [0.2, 0.25) is 11.8 Å². The SMILES string of the molecule is CN1C(=O)CC(C2=CC=C(F)CC=C2)CC1=O. The number of imide groups is 1. The van der Waals surface area contributed by atoms with Gasteiger partial charge in [-0.15, -0.1) is 0 Å². The van der Waals surface area contributed by atoms with Crippen molar-refractivity contribution in [1.82, 2.24) is 4.90 Å². The van der Waals surface area contributed by atoms with Gasteiger partial charge >= 0.3 is 0 Å². The third-order valence-corrected chi connectivity index (χ3v) is 3.14. The van der Waals surface area contributed by atoms with Crippen LogP contribution in [0.15, 0.2) is 35.7 Å². The minimum Gasteiger partial charge on any atom is -0.286 e. The summed E-state index contributed by atoms with van der Waals surface area (Å²) in [5.41, 5.74) is 0.854. The molecule has 0 aromatic carbocycles. The lowest BCUT2D eigenvalue weighted by Crippen LogP contribution is -2.40. The summed E-state index contributed by atoms with van der Waals surface area (Å²) < 4.78 is 13.0. The highest BCUT2D eigenvalue weighted by atomic mass is 19.1. The number of carbonyl (C=O) groups is 2. The molecule has 1 saturated heterocycles. The van der Waals surface area contributed by atoms with E-state index in [0.29, 0.717) is 12.8 Å². The van der Waals surface area contributed by atoms with E-state index in [0.717, 1.165) is 10.5 Å². The first-order valence-corrected chi connectivity index (χ1v) is 5.60. The Hall–Kier alpha value is -1.71. The van der Waals surface area contributed by atoms with E-state index in [1.54, 1.807) is 18.2 Å². The minimum atomic E-state index is -0.207. The van der Waals surface area contributed by atoms with E-state index in [1.807, 2.05) is 0 Å². The second kappa shape index (κ2) is 4.65. The zero-order chi connectivity index (χ0) is 12.4. The lowest BCUT2D eigenvalue weighted by atomic mass is 9.88. The van der Waals surface area contributed by atoms with E-state index in [9.17, 15) is 14.0 Å². The van der Waals surface area contributed by atoms with E-state index < -0.39 is 0 Å². The Morgan fingerprint density at radius 1 is 1.24 bits per heavy atom. The van der Waals surface area contributed by atoms with E-state index in [4.69, 9.17) is 0 Å². The van der Waals surface area contributed by atoms with Crippen LogP contribution < -0.4 is 0 Å².